The molecule has 1 N–H and O–H groups in total. The maximum Gasteiger partial charge on any atom is 0.244 e. The smallest absolute Gasteiger partial charge is 0.244 e. The minimum absolute atomic E-state index is 0.0821. The van der Waals surface area contributed by atoms with Crippen LogP contribution in [0, 0.1) is 5.82 Å². The van der Waals surface area contributed by atoms with Crippen LogP contribution in [0.3, 0.4) is 0 Å². The predicted octanol–water partition coefficient (Wildman–Crippen LogP) is 5.45. The first-order valence-electron chi connectivity index (χ1n) is 12.7. The van der Waals surface area contributed by atoms with E-state index in [0.717, 1.165) is 28.3 Å². The molecule has 0 saturated heterocycles. The summed E-state index contributed by atoms with van der Waals surface area (Å²) in [6, 6.07) is 17.7. The first-order chi connectivity index (χ1) is 18.9. The molecule has 0 spiro atoms. The van der Waals surface area contributed by atoms with Crippen molar-refractivity contribution < 1.29 is 22.4 Å². The zero-order valence-electron chi connectivity index (χ0n) is 22.5. The molecule has 0 aromatic heterocycles. The summed E-state index contributed by atoms with van der Waals surface area (Å²) in [5.41, 5.74) is 1.46. The monoisotopic (exact) mass is 607 g/mol. The minimum Gasteiger partial charge on any atom is -0.352 e. The van der Waals surface area contributed by atoms with E-state index < -0.39 is 34.3 Å². The van der Waals surface area contributed by atoms with Crippen LogP contribution in [-0.4, -0.2) is 50.0 Å². The van der Waals surface area contributed by atoms with E-state index in [1.165, 1.54) is 23.1 Å². The molecule has 40 heavy (non-hydrogen) atoms. The molecule has 2 amide bonds. The molecule has 3 aromatic carbocycles. The molecule has 0 bridgehead atoms. The standard InChI is InChI=1S/C29H32Cl2FN3O4S/c1-4-20(2)33-29(37)27(16-21-8-6-5-7-9-21)34(18-22-10-11-23(30)17-26(22)31)28(36)19-35(40(3,38)39)25-14-12-24(32)13-15-25/h5-15,17,20,27H,4,16,18-19H2,1-3H3,(H,33,37)/t20-,27-/m1/s1. The lowest BCUT2D eigenvalue weighted by molar-refractivity contribution is -0.140. The van der Waals surface area contributed by atoms with Crippen LogP contribution >= 0.6 is 23.2 Å². The van der Waals surface area contributed by atoms with Crippen LogP contribution in [0.15, 0.2) is 72.8 Å². The van der Waals surface area contributed by atoms with Gasteiger partial charge >= 0.3 is 0 Å². The summed E-state index contributed by atoms with van der Waals surface area (Å²) in [4.78, 5) is 29.0. The summed E-state index contributed by atoms with van der Waals surface area (Å²) >= 11 is 12.5. The highest BCUT2D eigenvalue weighted by Crippen LogP contribution is 2.25. The van der Waals surface area contributed by atoms with Gasteiger partial charge in [0, 0.05) is 29.1 Å². The maximum atomic E-state index is 14.0. The largest absolute Gasteiger partial charge is 0.352 e. The van der Waals surface area contributed by atoms with Crippen LogP contribution in [0.2, 0.25) is 10.0 Å². The summed E-state index contributed by atoms with van der Waals surface area (Å²) in [5, 5.41) is 3.66. The fourth-order valence-electron chi connectivity index (χ4n) is 4.05. The number of halogens is 3. The van der Waals surface area contributed by atoms with Gasteiger partial charge in [-0.3, -0.25) is 13.9 Å². The molecule has 0 aliphatic carbocycles. The van der Waals surface area contributed by atoms with E-state index in [1.54, 1.807) is 12.1 Å². The Bertz CT molecular complexity index is 1420. The van der Waals surface area contributed by atoms with Crippen LogP contribution in [0.1, 0.15) is 31.4 Å². The van der Waals surface area contributed by atoms with Gasteiger partial charge in [0.2, 0.25) is 21.8 Å². The predicted molar refractivity (Wildman–Crippen MR) is 157 cm³/mol. The molecule has 7 nitrogen and oxygen atoms in total. The zero-order chi connectivity index (χ0) is 29.4. The molecular formula is C29H32Cl2FN3O4S. The number of anilines is 1. The Morgan fingerprint density at radius 3 is 2.23 bits per heavy atom. The number of benzene rings is 3. The third-order valence-corrected chi connectivity index (χ3v) is 8.15. The average molecular weight is 609 g/mol. The van der Waals surface area contributed by atoms with Crippen LogP contribution < -0.4 is 9.62 Å². The number of nitrogens with one attached hydrogen (secondary N) is 1. The van der Waals surface area contributed by atoms with Gasteiger partial charge in [-0.1, -0.05) is 66.5 Å². The molecule has 0 fully saturated rings. The van der Waals surface area contributed by atoms with Crippen molar-refractivity contribution in [1.82, 2.24) is 10.2 Å². The maximum absolute atomic E-state index is 14.0. The van der Waals surface area contributed by atoms with Gasteiger partial charge in [-0.15, -0.1) is 0 Å². The van der Waals surface area contributed by atoms with Crippen LogP contribution in [0.25, 0.3) is 0 Å². The highest BCUT2D eigenvalue weighted by Gasteiger charge is 2.33. The van der Waals surface area contributed by atoms with E-state index >= 15 is 0 Å². The van der Waals surface area contributed by atoms with E-state index in [-0.39, 0.29) is 30.6 Å². The van der Waals surface area contributed by atoms with E-state index in [2.05, 4.69) is 5.32 Å². The number of nitrogens with zero attached hydrogens (tertiary/aromatic N) is 2. The molecule has 2 atom stereocenters. The third-order valence-electron chi connectivity index (χ3n) is 6.42. The Morgan fingerprint density at radius 2 is 1.65 bits per heavy atom. The van der Waals surface area contributed by atoms with Gasteiger partial charge in [0.1, 0.15) is 18.4 Å². The van der Waals surface area contributed by atoms with E-state index in [4.69, 9.17) is 23.2 Å². The molecule has 0 unspecified atom stereocenters. The van der Waals surface area contributed by atoms with Gasteiger partial charge in [-0.05, 0) is 60.9 Å². The highest BCUT2D eigenvalue weighted by atomic mass is 35.5. The Kier molecular flexibility index (Phi) is 11.0. The van der Waals surface area contributed by atoms with E-state index in [1.807, 2.05) is 44.2 Å². The van der Waals surface area contributed by atoms with E-state index in [0.29, 0.717) is 22.0 Å². The van der Waals surface area contributed by atoms with Crippen LogP contribution in [-0.2, 0) is 32.6 Å². The Hall–Kier alpha value is -3.14. The number of hydrogen-bond donors (Lipinski definition) is 1. The van der Waals surface area contributed by atoms with Gasteiger partial charge in [0.25, 0.3) is 0 Å². The Balaban J connectivity index is 2.08. The Labute approximate surface area is 244 Å². The van der Waals surface area contributed by atoms with Crippen molar-refractivity contribution in [2.45, 2.75) is 45.3 Å². The second-order valence-corrected chi connectivity index (χ2v) is 12.3. The van der Waals surface area contributed by atoms with Gasteiger partial charge < -0.3 is 10.2 Å². The van der Waals surface area contributed by atoms with Crippen molar-refractivity contribution in [2.24, 2.45) is 0 Å². The van der Waals surface area contributed by atoms with Crippen molar-refractivity contribution in [3.8, 4) is 0 Å². The third kappa shape index (κ3) is 8.68. The summed E-state index contributed by atoms with van der Waals surface area (Å²) in [6.45, 7) is 3.10. The summed E-state index contributed by atoms with van der Waals surface area (Å²) in [5.74, 6) is -1.57. The quantitative estimate of drug-likeness (QED) is 0.296. The molecule has 0 radical (unpaired) electrons. The molecule has 214 valence electrons. The summed E-state index contributed by atoms with van der Waals surface area (Å²) < 4.78 is 40.0. The second-order valence-electron chi connectivity index (χ2n) is 9.53. The lowest BCUT2D eigenvalue weighted by Crippen LogP contribution is -2.54. The number of carbonyl (C=O) groups excluding carboxylic acids is 2. The van der Waals surface area contributed by atoms with Crippen molar-refractivity contribution in [3.63, 3.8) is 0 Å². The molecule has 3 aromatic rings. The van der Waals surface area contributed by atoms with Crippen molar-refractivity contribution >= 4 is 50.7 Å². The van der Waals surface area contributed by atoms with Gasteiger partial charge in [-0.25, -0.2) is 12.8 Å². The summed E-state index contributed by atoms with van der Waals surface area (Å²) in [7, 11) is -3.95. The minimum atomic E-state index is -3.95. The number of carbonyl (C=O) groups is 2. The lowest BCUT2D eigenvalue weighted by atomic mass is 10.0. The molecule has 11 heteroatoms. The Morgan fingerprint density at radius 1 is 1.00 bits per heavy atom. The average Bonchev–Trinajstić information content (AvgIpc) is 2.90. The topological polar surface area (TPSA) is 86.8 Å². The summed E-state index contributed by atoms with van der Waals surface area (Å²) in [6.07, 6.45) is 1.81. The second kappa shape index (κ2) is 14.0. The van der Waals surface area contributed by atoms with Gasteiger partial charge in [0.15, 0.2) is 0 Å². The molecule has 0 heterocycles. The van der Waals surface area contributed by atoms with Gasteiger partial charge in [0.05, 0.1) is 11.9 Å². The van der Waals surface area contributed by atoms with Crippen LogP contribution in [0.5, 0.6) is 0 Å². The number of sulfonamides is 1. The number of rotatable bonds is 12. The van der Waals surface area contributed by atoms with Crippen LogP contribution in [0.4, 0.5) is 10.1 Å². The number of amides is 2. The lowest BCUT2D eigenvalue weighted by Gasteiger charge is -2.34. The van der Waals surface area contributed by atoms with Crippen molar-refractivity contribution in [3.05, 3.63) is 99.8 Å². The SMILES string of the molecule is CC[C@@H](C)NC(=O)[C@@H](Cc1ccccc1)N(Cc1ccc(Cl)cc1Cl)C(=O)CN(c1ccc(F)cc1)S(C)(=O)=O. The fraction of sp³-hybridized carbons (Fsp3) is 0.310. The number of hydrogen-bond acceptors (Lipinski definition) is 4. The van der Waals surface area contributed by atoms with Crippen molar-refractivity contribution in [1.29, 1.82) is 0 Å². The highest BCUT2D eigenvalue weighted by molar-refractivity contribution is 7.92. The first kappa shape index (κ1) is 31.4. The molecule has 3 rings (SSSR count). The molecule has 0 saturated carbocycles. The molecule has 0 aliphatic rings. The normalized spacial score (nSPS) is 12.8. The zero-order valence-corrected chi connectivity index (χ0v) is 24.8. The fourth-order valence-corrected chi connectivity index (χ4v) is 5.37. The van der Waals surface area contributed by atoms with Gasteiger partial charge in [-0.2, -0.15) is 0 Å². The molecule has 0 aliphatic heterocycles. The van der Waals surface area contributed by atoms with E-state index in [9.17, 15) is 22.4 Å². The molecular weight excluding hydrogens is 576 g/mol. The first-order valence-corrected chi connectivity index (χ1v) is 15.3. The van der Waals surface area contributed by atoms with Crippen molar-refractivity contribution in [2.75, 3.05) is 17.1 Å².